The highest BCUT2D eigenvalue weighted by Crippen LogP contribution is 2.24. The molecular weight excluding hydrogens is 280 g/mol. The van der Waals surface area contributed by atoms with Gasteiger partial charge in [0, 0.05) is 6.42 Å². The fraction of sp³-hybridized carbons (Fsp3) is 1.00. The molecule has 0 aliphatic rings. The van der Waals surface area contributed by atoms with Crippen LogP contribution in [0.25, 0.3) is 0 Å². The largest absolute Gasteiger partial charge is 0.394 e. The fourth-order valence-electron chi connectivity index (χ4n) is 2.90. The number of aliphatic hydroxyl groups excluding tert-OH is 2. The maximum absolute atomic E-state index is 10.4. The fourth-order valence-corrected chi connectivity index (χ4v) is 2.90. The molecule has 0 amide bonds. The molecule has 0 aliphatic carbocycles. The summed E-state index contributed by atoms with van der Waals surface area (Å²) in [6.07, 6.45) is 10.8. The third kappa shape index (κ3) is 10.5. The minimum Gasteiger partial charge on any atom is -0.394 e. The van der Waals surface area contributed by atoms with Crippen molar-refractivity contribution in [1.29, 1.82) is 0 Å². The van der Waals surface area contributed by atoms with E-state index < -0.39 is 24.5 Å². The second-order valence-electron chi connectivity index (χ2n) is 6.60. The van der Waals surface area contributed by atoms with E-state index in [1.165, 1.54) is 44.9 Å². The van der Waals surface area contributed by atoms with Crippen molar-refractivity contribution in [3.8, 4) is 0 Å². The van der Waals surface area contributed by atoms with Gasteiger partial charge in [0.1, 0.15) is 6.10 Å². The Morgan fingerprint density at radius 2 is 1.32 bits per heavy atom. The van der Waals surface area contributed by atoms with Crippen LogP contribution in [0.4, 0.5) is 0 Å². The van der Waals surface area contributed by atoms with Gasteiger partial charge < -0.3 is 26.8 Å². The van der Waals surface area contributed by atoms with Crippen LogP contribution in [-0.2, 0) is 0 Å². The number of aliphatic hydroxyl groups is 3. The van der Waals surface area contributed by atoms with Crippen molar-refractivity contribution in [2.75, 3.05) is 6.61 Å². The Kier molecular flexibility index (Phi) is 13.1. The molecule has 0 aromatic rings. The van der Waals surface area contributed by atoms with Crippen LogP contribution in [0.3, 0.4) is 0 Å². The van der Waals surface area contributed by atoms with Crippen molar-refractivity contribution in [1.82, 2.24) is 0 Å². The normalized spacial score (nSPS) is 16.0. The number of hydrogen-bond acceptors (Lipinski definition) is 5. The summed E-state index contributed by atoms with van der Waals surface area (Å²) in [6.45, 7) is 1.76. The lowest BCUT2D eigenvalue weighted by molar-refractivity contribution is -0.108. The Hall–Kier alpha value is -0.200. The van der Waals surface area contributed by atoms with Crippen molar-refractivity contribution in [3.63, 3.8) is 0 Å². The molecule has 0 bridgehead atoms. The van der Waals surface area contributed by atoms with Crippen molar-refractivity contribution in [3.05, 3.63) is 0 Å². The van der Waals surface area contributed by atoms with Crippen LogP contribution in [0, 0.1) is 0 Å². The number of nitrogens with two attached hydrogens (primary N) is 2. The summed E-state index contributed by atoms with van der Waals surface area (Å²) in [6, 6.07) is 0. The van der Waals surface area contributed by atoms with Gasteiger partial charge in [-0.15, -0.1) is 0 Å². The zero-order chi connectivity index (χ0) is 16.8. The van der Waals surface area contributed by atoms with Gasteiger partial charge in [0.2, 0.25) is 0 Å². The summed E-state index contributed by atoms with van der Waals surface area (Å²) in [4.78, 5) is 0. The molecule has 0 radical (unpaired) electrons. The average molecular weight is 319 g/mol. The standard InChI is InChI=1S/C17H38N2O3/c1-2-3-4-5-6-7-8-9-10-11-12-17(22,13-16(18)19)15(21)14-20/h15-16,20-22H,2-14,18-19H2,1H3. The first-order valence-electron chi connectivity index (χ1n) is 8.98. The Morgan fingerprint density at radius 1 is 0.864 bits per heavy atom. The maximum atomic E-state index is 10.4. The van der Waals surface area contributed by atoms with Crippen LogP contribution in [0.15, 0.2) is 0 Å². The van der Waals surface area contributed by atoms with Gasteiger partial charge in [0.05, 0.1) is 18.4 Å². The molecule has 2 unspecified atom stereocenters. The quantitative estimate of drug-likeness (QED) is 0.234. The second kappa shape index (κ2) is 13.3. The second-order valence-corrected chi connectivity index (χ2v) is 6.60. The first-order chi connectivity index (χ1) is 10.5. The summed E-state index contributed by atoms with van der Waals surface area (Å²) >= 11 is 0. The van der Waals surface area contributed by atoms with Crippen molar-refractivity contribution in [2.24, 2.45) is 11.5 Å². The highest BCUT2D eigenvalue weighted by molar-refractivity contribution is 4.88. The summed E-state index contributed by atoms with van der Waals surface area (Å²) < 4.78 is 0. The lowest BCUT2D eigenvalue weighted by Gasteiger charge is -2.33. The number of rotatable bonds is 15. The average Bonchev–Trinajstić information content (AvgIpc) is 2.47. The molecule has 0 aliphatic heterocycles. The topological polar surface area (TPSA) is 113 Å². The smallest absolute Gasteiger partial charge is 0.106 e. The summed E-state index contributed by atoms with van der Waals surface area (Å²) in [7, 11) is 0. The van der Waals surface area contributed by atoms with Gasteiger partial charge in [-0.25, -0.2) is 0 Å². The van der Waals surface area contributed by atoms with E-state index in [9.17, 15) is 10.2 Å². The van der Waals surface area contributed by atoms with Crippen LogP contribution < -0.4 is 11.5 Å². The Balaban J connectivity index is 3.72. The molecule has 0 spiro atoms. The molecule has 0 aromatic carbocycles. The van der Waals surface area contributed by atoms with E-state index in [1.54, 1.807) is 0 Å². The van der Waals surface area contributed by atoms with Gasteiger partial charge in [-0.3, -0.25) is 0 Å². The number of unbranched alkanes of at least 4 members (excludes halogenated alkanes) is 9. The van der Waals surface area contributed by atoms with E-state index in [-0.39, 0.29) is 6.42 Å². The lowest BCUT2D eigenvalue weighted by Crippen LogP contribution is -2.50. The highest BCUT2D eigenvalue weighted by atomic mass is 16.4. The van der Waals surface area contributed by atoms with Gasteiger partial charge in [0.15, 0.2) is 0 Å². The first kappa shape index (κ1) is 21.8. The molecule has 0 saturated carbocycles. The Labute approximate surface area is 136 Å². The number of hydrogen-bond donors (Lipinski definition) is 5. The molecule has 134 valence electrons. The van der Waals surface area contributed by atoms with Gasteiger partial charge in [0.25, 0.3) is 0 Å². The van der Waals surface area contributed by atoms with Gasteiger partial charge in [-0.05, 0) is 6.42 Å². The summed E-state index contributed by atoms with van der Waals surface area (Å²) in [5.41, 5.74) is 9.66. The molecule has 0 rings (SSSR count). The van der Waals surface area contributed by atoms with Gasteiger partial charge in [-0.1, -0.05) is 71.1 Å². The molecule has 7 N–H and O–H groups in total. The van der Waals surface area contributed by atoms with E-state index in [2.05, 4.69) is 6.92 Å². The van der Waals surface area contributed by atoms with E-state index >= 15 is 0 Å². The van der Waals surface area contributed by atoms with Crippen molar-refractivity contribution < 1.29 is 15.3 Å². The molecular formula is C17H38N2O3. The molecule has 0 aromatic heterocycles. The molecule has 0 fully saturated rings. The molecule has 0 heterocycles. The van der Waals surface area contributed by atoms with E-state index in [4.69, 9.17) is 16.6 Å². The molecule has 5 heteroatoms. The van der Waals surface area contributed by atoms with E-state index in [1.807, 2.05) is 0 Å². The highest BCUT2D eigenvalue weighted by Gasteiger charge is 2.35. The molecule has 0 saturated heterocycles. The molecule has 22 heavy (non-hydrogen) atoms. The van der Waals surface area contributed by atoms with E-state index in [0.29, 0.717) is 6.42 Å². The maximum Gasteiger partial charge on any atom is 0.106 e. The predicted molar refractivity (Wildman–Crippen MR) is 91.3 cm³/mol. The van der Waals surface area contributed by atoms with E-state index in [0.717, 1.165) is 19.3 Å². The predicted octanol–water partition coefficient (Wildman–Crippen LogP) is 2.02. The summed E-state index contributed by atoms with van der Waals surface area (Å²) in [5.74, 6) is 0. The molecule has 2 atom stereocenters. The first-order valence-corrected chi connectivity index (χ1v) is 8.98. The van der Waals surface area contributed by atoms with Crippen LogP contribution in [0.2, 0.25) is 0 Å². The van der Waals surface area contributed by atoms with Gasteiger partial charge in [-0.2, -0.15) is 0 Å². The lowest BCUT2D eigenvalue weighted by atomic mass is 9.86. The van der Waals surface area contributed by atoms with Crippen LogP contribution in [-0.4, -0.2) is 39.8 Å². The minimum atomic E-state index is -1.37. The van der Waals surface area contributed by atoms with Crippen molar-refractivity contribution >= 4 is 0 Å². The third-order valence-electron chi connectivity index (χ3n) is 4.35. The zero-order valence-corrected chi connectivity index (χ0v) is 14.3. The van der Waals surface area contributed by atoms with Crippen LogP contribution in [0.1, 0.15) is 84.0 Å². The third-order valence-corrected chi connectivity index (χ3v) is 4.35. The van der Waals surface area contributed by atoms with Crippen LogP contribution in [0.5, 0.6) is 0 Å². The molecule has 5 nitrogen and oxygen atoms in total. The Bertz CT molecular complexity index is 252. The monoisotopic (exact) mass is 318 g/mol. The van der Waals surface area contributed by atoms with Crippen LogP contribution >= 0.6 is 0 Å². The minimum absolute atomic E-state index is 0.103. The van der Waals surface area contributed by atoms with Crippen molar-refractivity contribution in [2.45, 2.75) is 102 Å². The summed E-state index contributed by atoms with van der Waals surface area (Å²) in [5, 5.41) is 29.2. The van der Waals surface area contributed by atoms with Gasteiger partial charge >= 0.3 is 0 Å². The zero-order valence-electron chi connectivity index (χ0n) is 14.3. The SMILES string of the molecule is CCCCCCCCCCCCC(O)(CC(N)N)C(O)CO. The Morgan fingerprint density at radius 3 is 1.73 bits per heavy atom.